The van der Waals surface area contributed by atoms with Crippen LogP contribution in [-0.2, 0) is 6.54 Å². The van der Waals surface area contributed by atoms with Crippen LogP contribution < -0.4 is 10.6 Å². The molecule has 0 amide bonds. The fourth-order valence-corrected chi connectivity index (χ4v) is 2.04. The van der Waals surface area contributed by atoms with Gasteiger partial charge in [-0.3, -0.25) is 5.32 Å². The maximum atomic E-state index is 4.41. The van der Waals surface area contributed by atoms with Crippen molar-refractivity contribution < 1.29 is 0 Å². The van der Waals surface area contributed by atoms with E-state index in [0.717, 1.165) is 19.0 Å². The predicted molar refractivity (Wildman–Crippen MR) is 63.5 cm³/mol. The summed E-state index contributed by atoms with van der Waals surface area (Å²) in [7, 11) is 0. The molecule has 1 aromatic carbocycles. The predicted octanol–water partition coefficient (Wildman–Crippen LogP) is 0.848. The third kappa shape index (κ3) is 1.67. The summed E-state index contributed by atoms with van der Waals surface area (Å²) in [4.78, 5) is 6.65. The lowest BCUT2D eigenvalue weighted by Gasteiger charge is -2.21. The van der Waals surface area contributed by atoms with E-state index in [2.05, 4.69) is 44.8 Å². The first-order chi connectivity index (χ1) is 7.93. The fourth-order valence-electron chi connectivity index (χ4n) is 2.04. The zero-order chi connectivity index (χ0) is 10.8. The van der Waals surface area contributed by atoms with Crippen molar-refractivity contribution in [2.75, 3.05) is 6.67 Å². The molecule has 1 aromatic rings. The van der Waals surface area contributed by atoms with Crippen LogP contribution in [0.4, 0.5) is 0 Å². The number of hydrogen-bond donors (Lipinski definition) is 2. The minimum Gasteiger partial charge on any atom is -0.368 e. The highest BCUT2D eigenvalue weighted by Crippen LogP contribution is 2.12. The summed E-state index contributed by atoms with van der Waals surface area (Å²) in [5, 5.41) is 6.59. The Morgan fingerprint density at radius 1 is 1.31 bits per heavy atom. The van der Waals surface area contributed by atoms with Crippen LogP contribution in [0, 0.1) is 0 Å². The van der Waals surface area contributed by atoms with Crippen LogP contribution in [0.1, 0.15) is 5.56 Å². The molecular weight excluding hydrogens is 200 g/mol. The molecule has 1 fully saturated rings. The van der Waals surface area contributed by atoms with E-state index in [4.69, 9.17) is 0 Å². The Bertz CT molecular complexity index is 424. The molecule has 4 heteroatoms. The number of nitrogens with one attached hydrogen (secondary N) is 2. The second kappa shape index (κ2) is 3.98. The fraction of sp³-hybridized carbons (Fsp3) is 0.250. The molecule has 2 N–H and O–H groups in total. The number of hydrogen-bond acceptors (Lipinski definition) is 4. The van der Waals surface area contributed by atoms with Gasteiger partial charge < -0.3 is 10.2 Å². The van der Waals surface area contributed by atoms with Crippen molar-refractivity contribution in [1.29, 1.82) is 0 Å². The third-order valence-corrected chi connectivity index (χ3v) is 2.83. The molecule has 0 aromatic heterocycles. The number of fused-ring (bicyclic) bond motifs is 1. The first kappa shape index (κ1) is 9.42. The molecule has 0 bridgehead atoms. The van der Waals surface area contributed by atoms with E-state index in [-0.39, 0.29) is 6.17 Å². The maximum absolute atomic E-state index is 4.41. The number of rotatable bonds is 2. The molecule has 0 saturated carbocycles. The highest BCUT2D eigenvalue weighted by molar-refractivity contribution is 5.90. The van der Waals surface area contributed by atoms with Crippen LogP contribution in [0.2, 0.25) is 0 Å². The first-order valence-corrected chi connectivity index (χ1v) is 5.44. The molecule has 2 heterocycles. The van der Waals surface area contributed by atoms with Crippen molar-refractivity contribution in [3.63, 3.8) is 0 Å². The number of aliphatic imine (C=N–C) groups is 1. The van der Waals surface area contributed by atoms with Gasteiger partial charge in [0.15, 0.2) is 0 Å². The molecule has 2 aliphatic rings. The number of amidine groups is 1. The molecule has 1 saturated heterocycles. The third-order valence-electron chi connectivity index (χ3n) is 2.83. The lowest BCUT2D eigenvalue weighted by atomic mass is 10.2. The summed E-state index contributed by atoms with van der Waals surface area (Å²) in [6, 6.07) is 10.4. The highest BCUT2D eigenvalue weighted by Gasteiger charge is 2.28. The minimum atomic E-state index is 0.175. The summed E-state index contributed by atoms with van der Waals surface area (Å²) in [5.74, 6) is 1.08. The molecule has 82 valence electrons. The van der Waals surface area contributed by atoms with Crippen LogP contribution in [0.15, 0.2) is 47.7 Å². The molecule has 0 spiro atoms. The van der Waals surface area contributed by atoms with E-state index >= 15 is 0 Å². The summed E-state index contributed by atoms with van der Waals surface area (Å²) in [5.41, 5.74) is 1.31. The molecular formula is C12H14N4. The SMILES string of the molecule is C1=CNC2NCN(Cc3ccccc3)C2=N1. The molecule has 0 radical (unpaired) electrons. The largest absolute Gasteiger partial charge is 0.368 e. The van der Waals surface area contributed by atoms with Crippen LogP contribution in [-0.4, -0.2) is 23.6 Å². The number of benzene rings is 1. The van der Waals surface area contributed by atoms with Gasteiger partial charge in [-0.25, -0.2) is 4.99 Å². The Morgan fingerprint density at radius 3 is 3.06 bits per heavy atom. The Kier molecular flexibility index (Phi) is 2.34. The molecule has 4 nitrogen and oxygen atoms in total. The van der Waals surface area contributed by atoms with Gasteiger partial charge in [0.25, 0.3) is 0 Å². The van der Waals surface area contributed by atoms with Gasteiger partial charge in [-0.1, -0.05) is 30.3 Å². The zero-order valence-electron chi connectivity index (χ0n) is 8.93. The normalized spacial score (nSPS) is 22.6. The first-order valence-electron chi connectivity index (χ1n) is 5.44. The highest BCUT2D eigenvalue weighted by atomic mass is 15.4. The minimum absolute atomic E-state index is 0.175. The lowest BCUT2D eigenvalue weighted by Crippen LogP contribution is -2.41. The molecule has 1 unspecified atom stereocenters. The van der Waals surface area contributed by atoms with Crippen LogP contribution in [0.25, 0.3) is 0 Å². The monoisotopic (exact) mass is 214 g/mol. The number of nitrogens with zero attached hydrogens (tertiary/aromatic N) is 2. The van der Waals surface area contributed by atoms with Gasteiger partial charge in [0.05, 0.1) is 6.67 Å². The van der Waals surface area contributed by atoms with Crippen molar-refractivity contribution in [1.82, 2.24) is 15.5 Å². The van der Waals surface area contributed by atoms with Crippen molar-refractivity contribution in [3.8, 4) is 0 Å². The van der Waals surface area contributed by atoms with Gasteiger partial charge >= 0.3 is 0 Å². The van der Waals surface area contributed by atoms with Gasteiger partial charge in [0.2, 0.25) is 0 Å². The Balaban J connectivity index is 1.77. The summed E-state index contributed by atoms with van der Waals surface area (Å²) < 4.78 is 0. The topological polar surface area (TPSA) is 39.7 Å². The summed E-state index contributed by atoms with van der Waals surface area (Å²) >= 11 is 0. The summed E-state index contributed by atoms with van der Waals surface area (Å²) in [6.07, 6.45) is 3.85. The molecule has 3 rings (SSSR count). The van der Waals surface area contributed by atoms with Gasteiger partial charge in [-0.15, -0.1) is 0 Å². The van der Waals surface area contributed by atoms with E-state index in [9.17, 15) is 0 Å². The van der Waals surface area contributed by atoms with Gasteiger partial charge in [-0.2, -0.15) is 0 Å². The van der Waals surface area contributed by atoms with E-state index in [1.165, 1.54) is 5.56 Å². The van der Waals surface area contributed by atoms with E-state index < -0.39 is 0 Å². The van der Waals surface area contributed by atoms with Crippen molar-refractivity contribution >= 4 is 5.84 Å². The Labute approximate surface area is 94.7 Å². The van der Waals surface area contributed by atoms with Crippen molar-refractivity contribution in [2.45, 2.75) is 12.7 Å². The average Bonchev–Trinajstić information content (AvgIpc) is 2.74. The molecule has 1 atom stereocenters. The standard InChI is InChI=1S/C12H14N4/c1-2-4-10(5-3-1)8-16-9-15-11-12(16)14-7-6-13-11/h1-7,11,13,15H,8-9H2. The Hall–Kier alpha value is -1.81. The smallest absolute Gasteiger partial charge is 0.143 e. The van der Waals surface area contributed by atoms with E-state index in [0.29, 0.717) is 0 Å². The lowest BCUT2D eigenvalue weighted by molar-refractivity contribution is 0.427. The Morgan fingerprint density at radius 2 is 2.19 bits per heavy atom. The summed E-state index contributed by atoms with van der Waals surface area (Å²) in [6.45, 7) is 1.74. The zero-order valence-corrected chi connectivity index (χ0v) is 8.93. The van der Waals surface area contributed by atoms with Gasteiger partial charge in [0, 0.05) is 18.9 Å². The molecule has 0 aliphatic carbocycles. The van der Waals surface area contributed by atoms with Gasteiger partial charge in [-0.05, 0) is 5.56 Å². The van der Waals surface area contributed by atoms with E-state index in [1.54, 1.807) is 6.20 Å². The average molecular weight is 214 g/mol. The second-order valence-corrected chi connectivity index (χ2v) is 3.95. The van der Waals surface area contributed by atoms with Gasteiger partial charge in [0.1, 0.15) is 12.0 Å². The molecule has 2 aliphatic heterocycles. The van der Waals surface area contributed by atoms with Crippen LogP contribution in [0.3, 0.4) is 0 Å². The quantitative estimate of drug-likeness (QED) is 0.766. The van der Waals surface area contributed by atoms with Crippen molar-refractivity contribution in [3.05, 3.63) is 48.3 Å². The molecule has 16 heavy (non-hydrogen) atoms. The second-order valence-electron chi connectivity index (χ2n) is 3.95. The van der Waals surface area contributed by atoms with E-state index in [1.807, 2.05) is 12.3 Å². The van der Waals surface area contributed by atoms with Crippen LogP contribution in [0.5, 0.6) is 0 Å². The van der Waals surface area contributed by atoms with Crippen molar-refractivity contribution in [2.24, 2.45) is 4.99 Å². The maximum Gasteiger partial charge on any atom is 0.143 e. The van der Waals surface area contributed by atoms with Crippen LogP contribution >= 0.6 is 0 Å².